The van der Waals surface area contributed by atoms with E-state index in [9.17, 15) is 14.4 Å². The van der Waals surface area contributed by atoms with Crippen molar-refractivity contribution in [2.75, 3.05) is 16.9 Å². The lowest BCUT2D eigenvalue weighted by atomic mass is 9.86. The standard InChI is InChI=1S/C28H19BrCl2N2O4/c1-37-22-11-7-15(12-17(22)29)26(34)25-24-23(21-9-6-14-4-2-3-5-19(14)32(21)25)27(35)33(28(24)36)20-10-8-16(30)13-18(20)31/h2-13,21,23-25H,1H3/t21-,23-,24-,25+/m0/s1. The molecule has 3 aromatic carbocycles. The van der Waals surface area contributed by atoms with E-state index in [4.69, 9.17) is 27.9 Å². The zero-order valence-electron chi connectivity index (χ0n) is 19.4. The summed E-state index contributed by atoms with van der Waals surface area (Å²) in [4.78, 5) is 45.1. The van der Waals surface area contributed by atoms with Crippen LogP contribution in [0.2, 0.25) is 10.0 Å². The summed E-state index contributed by atoms with van der Waals surface area (Å²) in [5.41, 5.74) is 2.41. The second-order valence-corrected chi connectivity index (χ2v) is 10.8. The molecule has 0 unspecified atom stereocenters. The number of ether oxygens (including phenoxy) is 1. The third-order valence-corrected chi connectivity index (χ3v) is 8.43. The third-order valence-electron chi connectivity index (χ3n) is 7.27. The molecule has 0 saturated carbocycles. The van der Waals surface area contributed by atoms with E-state index in [2.05, 4.69) is 15.9 Å². The third kappa shape index (κ3) is 3.63. The van der Waals surface area contributed by atoms with Gasteiger partial charge in [-0.3, -0.25) is 14.4 Å². The first kappa shape index (κ1) is 24.2. The Morgan fingerprint density at radius 2 is 1.70 bits per heavy atom. The van der Waals surface area contributed by atoms with Crippen molar-refractivity contribution in [3.05, 3.63) is 92.4 Å². The number of halogens is 3. The van der Waals surface area contributed by atoms with Gasteiger partial charge in [0.2, 0.25) is 11.8 Å². The van der Waals surface area contributed by atoms with Gasteiger partial charge in [-0.25, -0.2) is 4.90 Å². The zero-order valence-corrected chi connectivity index (χ0v) is 22.5. The number of Topliss-reactive ketones (excluding diaryl/α,β-unsaturated/α-hetero) is 1. The van der Waals surface area contributed by atoms with Crippen LogP contribution in [-0.2, 0) is 9.59 Å². The highest BCUT2D eigenvalue weighted by molar-refractivity contribution is 9.10. The number of hydrogen-bond donors (Lipinski definition) is 0. The lowest BCUT2D eigenvalue weighted by Gasteiger charge is -2.36. The second kappa shape index (κ2) is 9.01. The number of imide groups is 1. The Hall–Kier alpha value is -3.13. The average Bonchev–Trinajstić information content (AvgIpc) is 3.36. The fraction of sp³-hybridized carbons (Fsp3) is 0.179. The number of ketones is 1. The quantitative estimate of drug-likeness (QED) is 0.271. The smallest absolute Gasteiger partial charge is 0.240 e. The molecular formula is C28H19BrCl2N2O4. The Balaban J connectivity index is 1.49. The van der Waals surface area contributed by atoms with Crippen LogP contribution in [-0.4, -0.2) is 36.8 Å². The number of amides is 2. The number of benzene rings is 3. The summed E-state index contributed by atoms with van der Waals surface area (Å²) in [6.45, 7) is 0. The molecule has 0 aromatic heterocycles. The molecule has 0 N–H and O–H groups in total. The number of carbonyl (C=O) groups is 3. The van der Waals surface area contributed by atoms with E-state index in [0.29, 0.717) is 20.8 Å². The van der Waals surface area contributed by atoms with E-state index >= 15 is 0 Å². The summed E-state index contributed by atoms with van der Waals surface area (Å²) in [7, 11) is 1.55. The first-order chi connectivity index (χ1) is 17.8. The Labute approximate surface area is 231 Å². The van der Waals surface area contributed by atoms with Crippen molar-refractivity contribution in [3.63, 3.8) is 0 Å². The number of para-hydroxylation sites is 1. The lowest BCUT2D eigenvalue weighted by Crippen LogP contribution is -2.48. The van der Waals surface area contributed by atoms with Crippen LogP contribution in [0.5, 0.6) is 5.75 Å². The first-order valence-corrected chi connectivity index (χ1v) is 13.1. The largest absolute Gasteiger partial charge is 0.496 e. The molecule has 186 valence electrons. The summed E-state index contributed by atoms with van der Waals surface area (Å²) in [5, 5.41) is 0.585. The minimum absolute atomic E-state index is 0.192. The topological polar surface area (TPSA) is 66.9 Å². The van der Waals surface area contributed by atoms with Gasteiger partial charge in [0.25, 0.3) is 0 Å². The van der Waals surface area contributed by atoms with Gasteiger partial charge in [-0.2, -0.15) is 0 Å². The van der Waals surface area contributed by atoms with Crippen LogP contribution in [0, 0.1) is 11.8 Å². The van der Waals surface area contributed by atoms with Crippen molar-refractivity contribution in [2.45, 2.75) is 12.1 Å². The Kier molecular flexibility index (Phi) is 5.90. The first-order valence-electron chi connectivity index (χ1n) is 11.6. The molecule has 3 aromatic rings. The Bertz CT molecular complexity index is 1520. The highest BCUT2D eigenvalue weighted by Gasteiger charge is 2.64. The van der Waals surface area contributed by atoms with Crippen LogP contribution in [0.15, 0.2) is 71.2 Å². The van der Waals surface area contributed by atoms with E-state index < -0.39 is 29.8 Å². The van der Waals surface area contributed by atoms with Crippen molar-refractivity contribution in [3.8, 4) is 5.75 Å². The van der Waals surface area contributed by atoms with Crippen LogP contribution >= 0.6 is 39.1 Å². The number of anilines is 2. The average molecular weight is 598 g/mol. The molecule has 3 aliphatic rings. The minimum Gasteiger partial charge on any atom is -0.496 e. The van der Waals surface area contributed by atoms with Gasteiger partial charge in [0, 0.05) is 16.3 Å². The van der Waals surface area contributed by atoms with Crippen molar-refractivity contribution in [2.24, 2.45) is 11.8 Å². The molecule has 37 heavy (non-hydrogen) atoms. The molecular weight excluding hydrogens is 579 g/mol. The van der Waals surface area contributed by atoms with Gasteiger partial charge in [-0.15, -0.1) is 0 Å². The zero-order chi connectivity index (χ0) is 26.0. The molecule has 0 radical (unpaired) electrons. The highest BCUT2D eigenvalue weighted by atomic mass is 79.9. The Morgan fingerprint density at radius 1 is 0.946 bits per heavy atom. The summed E-state index contributed by atoms with van der Waals surface area (Å²) < 4.78 is 5.94. The molecule has 4 atom stereocenters. The van der Waals surface area contributed by atoms with Gasteiger partial charge in [-0.1, -0.05) is 53.6 Å². The van der Waals surface area contributed by atoms with Gasteiger partial charge in [0.15, 0.2) is 5.78 Å². The van der Waals surface area contributed by atoms with E-state index in [1.54, 1.807) is 37.4 Å². The van der Waals surface area contributed by atoms with Gasteiger partial charge >= 0.3 is 0 Å². The molecule has 2 fully saturated rings. The van der Waals surface area contributed by atoms with Crippen LogP contribution in [0.3, 0.4) is 0 Å². The molecule has 3 aliphatic heterocycles. The van der Waals surface area contributed by atoms with Crippen LogP contribution in [0.1, 0.15) is 15.9 Å². The highest BCUT2D eigenvalue weighted by Crippen LogP contribution is 2.50. The SMILES string of the molecule is COc1ccc(C(=O)[C@H]2[C@H]3C(=O)N(c4ccc(Cl)cc4Cl)C(=O)[C@H]3[C@@H]3C=Cc4ccccc4N32)cc1Br. The van der Waals surface area contributed by atoms with E-state index in [1.807, 2.05) is 41.3 Å². The molecule has 9 heteroatoms. The minimum atomic E-state index is -0.895. The predicted molar refractivity (Wildman–Crippen MR) is 146 cm³/mol. The van der Waals surface area contributed by atoms with Crippen molar-refractivity contribution >= 4 is 74.2 Å². The molecule has 0 bridgehead atoms. The van der Waals surface area contributed by atoms with Crippen LogP contribution in [0.25, 0.3) is 6.08 Å². The van der Waals surface area contributed by atoms with E-state index in [0.717, 1.165) is 16.2 Å². The summed E-state index contributed by atoms with van der Waals surface area (Å²) in [5.74, 6) is -2.15. The molecule has 6 nitrogen and oxygen atoms in total. The number of carbonyl (C=O) groups excluding carboxylic acids is 3. The maximum atomic E-state index is 14.2. The molecule has 3 heterocycles. The predicted octanol–water partition coefficient (Wildman–Crippen LogP) is 6.04. The van der Waals surface area contributed by atoms with Crippen LogP contribution in [0.4, 0.5) is 11.4 Å². The number of fused-ring (bicyclic) bond motifs is 5. The second-order valence-electron chi connectivity index (χ2n) is 9.13. The maximum Gasteiger partial charge on any atom is 0.240 e. The monoisotopic (exact) mass is 596 g/mol. The molecule has 6 rings (SSSR count). The number of hydrogen-bond acceptors (Lipinski definition) is 5. The molecule has 2 saturated heterocycles. The van der Waals surface area contributed by atoms with Gasteiger partial charge in [0.05, 0.1) is 40.2 Å². The van der Waals surface area contributed by atoms with Gasteiger partial charge in [0.1, 0.15) is 11.8 Å². The normalized spacial score (nSPS) is 23.7. The van der Waals surface area contributed by atoms with Gasteiger partial charge in [-0.05, 0) is 64.0 Å². The number of rotatable bonds is 4. The number of nitrogens with zero attached hydrogens (tertiary/aromatic N) is 2. The molecule has 0 spiro atoms. The number of methoxy groups -OCH3 is 1. The van der Waals surface area contributed by atoms with Crippen molar-refractivity contribution in [1.29, 1.82) is 0 Å². The fourth-order valence-corrected chi connectivity index (χ4v) is 6.74. The van der Waals surface area contributed by atoms with Gasteiger partial charge < -0.3 is 9.64 Å². The molecule has 0 aliphatic carbocycles. The molecule has 2 amide bonds. The fourth-order valence-electron chi connectivity index (χ4n) is 5.70. The maximum absolute atomic E-state index is 14.2. The Morgan fingerprint density at radius 3 is 2.43 bits per heavy atom. The summed E-state index contributed by atoms with van der Waals surface area (Å²) in [6.07, 6.45) is 3.86. The van der Waals surface area contributed by atoms with E-state index in [-0.39, 0.29) is 22.4 Å². The lowest BCUT2D eigenvalue weighted by molar-refractivity contribution is -0.122. The summed E-state index contributed by atoms with van der Waals surface area (Å²) >= 11 is 15.9. The van der Waals surface area contributed by atoms with Crippen molar-refractivity contribution in [1.82, 2.24) is 0 Å². The summed E-state index contributed by atoms with van der Waals surface area (Å²) in [6, 6.07) is 16.0. The van der Waals surface area contributed by atoms with Crippen molar-refractivity contribution < 1.29 is 19.1 Å². The van der Waals surface area contributed by atoms with E-state index in [1.165, 1.54) is 6.07 Å². The van der Waals surface area contributed by atoms with Crippen LogP contribution < -0.4 is 14.5 Å².